The number of imide groups is 1. The first kappa shape index (κ1) is 21.8. The molecule has 2 bridgehead atoms. The van der Waals surface area contributed by atoms with E-state index >= 15 is 0 Å². The smallest absolute Gasteiger partial charge is 0.255 e. The summed E-state index contributed by atoms with van der Waals surface area (Å²) < 4.78 is 6.78. The van der Waals surface area contributed by atoms with Crippen molar-refractivity contribution in [2.24, 2.45) is 23.7 Å². The second kappa shape index (κ2) is 8.50. The lowest BCUT2D eigenvalue weighted by atomic mass is 9.85. The highest BCUT2D eigenvalue weighted by Crippen LogP contribution is 2.53. The first-order valence-corrected chi connectivity index (χ1v) is 12.3. The number of ether oxygens (including phenoxy) is 1. The van der Waals surface area contributed by atoms with Crippen LogP contribution >= 0.6 is 15.9 Å². The van der Waals surface area contributed by atoms with Crippen molar-refractivity contribution < 1.29 is 19.1 Å². The van der Waals surface area contributed by atoms with Crippen LogP contribution < -0.4 is 15.0 Å². The third kappa shape index (κ3) is 3.86. The van der Waals surface area contributed by atoms with E-state index in [4.69, 9.17) is 4.74 Å². The van der Waals surface area contributed by atoms with Crippen LogP contribution in [0.4, 0.5) is 11.4 Å². The number of nitrogens with zero attached hydrogens (tertiary/aromatic N) is 1. The van der Waals surface area contributed by atoms with Crippen LogP contribution in [-0.2, 0) is 9.59 Å². The molecule has 1 aliphatic heterocycles. The minimum Gasteiger partial charge on any atom is -0.457 e. The van der Waals surface area contributed by atoms with E-state index in [1.54, 1.807) is 48.5 Å². The minimum atomic E-state index is -0.325. The number of allylic oxidation sites excluding steroid dienone is 2. The molecule has 2 aliphatic carbocycles. The Hall–Kier alpha value is -3.71. The highest BCUT2D eigenvalue weighted by Gasteiger charge is 2.59. The van der Waals surface area contributed by atoms with Crippen LogP contribution in [-0.4, -0.2) is 17.7 Å². The molecule has 3 aromatic rings. The van der Waals surface area contributed by atoms with Crippen molar-refractivity contribution in [1.82, 2.24) is 0 Å². The Balaban J connectivity index is 1.15. The van der Waals surface area contributed by atoms with Crippen LogP contribution in [0.1, 0.15) is 16.8 Å². The number of anilines is 2. The van der Waals surface area contributed by atoms with Crippen molar-refractivity contribution in [2.75, 3.05) is 10.2 Å². The van der Waals surface area contributed by atoms with Crippen LogP contribution in [0.25, 0.3) is 0 Å². The van der Waals surface area contributed by atoms with Gasteiger partial charge < -0.3 is 10.1 Å². The number of hydrogen-bond acceptors (Lipinski definition) is 4. The maximum absolute atomic E-state index is 13.1. The molecule has 1 saturated carbocycles. The first-order chi connectivity index (χ1) is 17.0. The molecule has 3 aliphatic rings. The standard InChI is InChI=1S/C28H21BrN2O4/c29-19-6-10-22(11-7-19)35-23-12-8-20(9-13-23)30-26(32)18-2-1-3-21(15-18)31-27(33)24-16-4-5-17(14-16)25(24)28(31)34/h1-13,15-17,24-25H,14H2,(H,30,32). The zero-order valence-electron chi connectivity index (χ0n) is 18.6. The Kier molecular flexibility index (Phi) is 5.29. The lowest BCUT2D eigenvalue weighted by Crippen LogP contribution is -2.33. The quantitative estimate of drug-likeness (QED) is 0.335. The lowest BCUT2D eigenvalue weighted by Gasteiger charge is -2.18. The fourth-order valence-electron chi connectivity index (χ4n) is 5.39. The molecule has 1 N–H and O–H groups in total. The third-order valence-corrected chi connectivity index (χ3v) is 7.53. The van der Waals surface area contributed by atoms with E-state index in [9.17, 15) is 14.4 Å². The monoisotopic (exact) mass is 528 g/mol. The number of benzene rings is 3. The molecule has 35 heavy (non-hydrogen) atoms. The largest absolute Gasteiger partial charge is 0.457 e. The van der Waals surface area contributed by atoms with Gasteiger partial charge in [0, 0.05) is 15.7 Å². The van der Waals surface area contributed by atoms with E-state index < -0.39 is 0 Å². The Bertz CT molecular complexity index is 1340. The van der Waals surface area contributed by atoms with Crippen molar-refractivity contribution in [2.45, 2.75) is 6.42 Å². The third-order valence-electron chi connectivity index (χ3n) is 7.00. The Morgan fingerprint density at radius 3 is 2.09 bits per heavy atom. The van der Waals surface area contributed by atoms with Gasteiger partial charge in [-0.1, -0.05) is 34.1 Å². The topological polar surface area (TPSA) is 75.7 Å². The second-order valence-corrected chi connectivity index (χ2v) is 10.0. The van der Waals surface area contributed by atoms with Crippen molar-refractivity contribution in [1.29, 1.82) is 0 Å². The molecule has 0 spiro atoms. The maximum atomic E-state index is 13.1. The molecule has 7 heteroatoms. The fourth-order valence-corrected chi connectivity index (χ4v) is 5.66. The van der Waals surface area contributed by atoms with Gasteiger partial charge in [0.15, 0.2) is 0 Å². The number of halogens is 1. The molecule has 1 saturated heterocycles. The molecule has 4 atom stereocenters. The highest BCUT2D eigenvalue weighted by molar-refractivity contribution is 9.10. The molecule has 3 amide bonds. The van der Waals surface area contributed by atoms with Gasteiger partial charge in [0.25, 0.3) is 5.91 Å². The van der Waals surface area contributed by atoms with Gasteiger partial charge in [-0.2, -0.15) is 0 Å². The van der Waals surface area contributed by atoms with Gasteiger partial charge in [0.05, 0.1) is 17.5 Å². The minimum absolute atomic E-state index is 0.147. The Labute approximate surface area is 210 Å². The van der Waals surface area contributed by atoms with Crippen molar-refractivity contribution in [3.8, 4) is 11.5 Å². The zero-order chi connectivity index (χ0) is 24.1. The number of nitrogens with one attached hydrogen (secondary N) is 1. The number of carbonyl (C=O) groups excluding carboxylic acids is 3. The molecule has 6 nitrogen and oxygen atoms in total. The van der Waals surface area contributed by atoms with Gasteiger partial charge in [0.2, 0.25) is 11.8 Å². The van der Waals surface area contributed by atoms with Crippen molar-refractivity contribution in [3.63, 3.8) is 0 Å². The van der Waals surface area contributed by atoms with E-state index in [-0.39, 0.29) is 41.4 Å². The number of hydrogen-bond donors (Lipinski definition) is 1. The number of carbonyl (C=O) groups is 3. The van der Waals surface area contributed by atoms with E-state index in [0.29, 0.717) is 28.4 Å². The summed E-state index contributed by atoms with van der Waals surface area (Å²) in [5, 5.41) is 2.86. The van der Waals surface area contributed by atoms with Gasteiger partial charge in [-0.3, -0.25) is 14.4 Å². The summed E-state index contributed by atoms with van der Waals surface area (Å²) in [5.41, 5.74) is 1.42. The highest BCUT2D eigenvalue weighted by atomic mass is 79.9. The van der Waals surface area contributed by atoms with Crippen LogP contribution in [0.3, 0.4) is 0 Å². The van der Waals surface area contributed by atoms with Gasteiger partial charge in [0.1, 0.15) is 11.5 Å². The normalized spacial score (nSPS) is 24.1. The molecule has 6 rings (SSSR count). The molecular weight excluding hydrogens is 508 g/mol. The van der Waals surface area contributed by atoms with Gasteiger partial charge >= 0.3 is 0 Å². The van der Waals surface area contributed by atoms with Crippen LogP contribution in [0.5, 0.6) is 11.5 Å². The molecular formula is C28H21BrN2O4. The number of fused-ring (bicyclic) bond motifs is 5. The molecule has 1 heterocycles. The first-order valence-electron chi connectivity index (χ1n) is 11.5. The summed E-state index contributed by atoms with van der Waals surface area (Å²) in [6.07, 6.45) is 5.02. The van der Waals surface area contributed by atoms with E-state index in [1.165, 1.54) is 4.90 Å². The van der Waals surface area contributed by atoms with Crippen molar-refractivity contribution in [3.05, 3.63) is 95.0 Å². The molecule has 0 aromatic heterocycles. The molecule has 3 aromatic carbocycles. The zero-order valence-corrected chi connectivity index (χ0v) is 20.1. The van der Waals surface area contributed by atoms with E-state index in [0.717, 1.165) is 10.9 Å². The van der Waals surface area contributed by atoms with Crippen LogP contribution in [0.15, 0.2) is 89.4 Å². The van der Waals surface area contributed by atoms with Gasteiger partial charge in [-0.15, -0.1) is 0 Å². The summed E-state index contributed by atoms with van der Waals surface area (Å²) in [6, 6.07) is 21.2. The van der Waals surface area contributed by atoms with Gasteiger partial charge in [-0.25, -0.2) is 4.90 Å². The van der Waals surface area contributed by atoms with Crippen LogP contribution in [0, 0.1) is 23.7 Å². The van der Waals surface area contributed by atoms with E-state index in [1.807, 2.05) is 24.3 Å². The predicted octanol–water partition coefficient (Wildman–Crippen LogP) is 5.81. The van der Waals surface area contributed by atoms with E-state index in [2.05, 4.69) is 33.4 Å². The average Bonchev–Trinajstić information content (AvgIpc) is 3.55. The number of amides is 3. The molecule has 4 unspecified atom stereocenters. The SMILES string of the molecule is O=C(Nc1ccc(Oc2ccc(Br)cc2)cc1)c1cccc(N2C(=O)C3C4C=CC(C4)C3C2=O)c1. The molecule has 0 radical (unpaired) electrons. The molecule has 174 valence electrons. The molecule has 2 fully saturated rings. The van der Waals surface area contributed by atoms with Crippen LogP contribution in [0.2, 0.25) is 0 Å². The summed E-state index contributed by atoms with van der Waals surface area (Å²) in [4.78, 5) is 40.4. The van der Waals surface area contributed by atoms with Crippen molar-refractivity contribution >= 4 is 45.0 Å². The summed E-state index contributed by atoms with van der Waals surface area (Å²) in [5.74, 6) is 0.470. The van der Waals surface area contributed by atoms with Gasteiger partial charge in [-0.05, 0) is 85.0 Å². The maximum Gasteiger partial charge on any atom is 0.255 e. The average molecular weight is 529 g/mol. The summed E-state index contributed by atoms with van der Waals surface area (Å²) in [7, 11) is 0. The second-order valence-electron chi connectivity index (χ2n) is 9.10. The number of rotatable bonds is 5. The predicted molar refractivity (Wildman–Crippen MR) is 135 cm³/mol. The lowest BCUT2D eigenvalue weighted by molar-refractivity contribution is -0.123. The summed E-state index contributed by atoms with van der Waals surface area (Å²) in [6.45, 7) is 0. The Morgan fingerprint density at radius 1 is 0.857 bits per heavy atom. The Morgan fingerprint density at radius 2 is 1.46 bits per heavy atom. The summed E-state index contributed by atoms with van der Waals surface area (Å²) >= 11 is 3.40. The fraction of sp³-hybridized carbons (Fsp3) is 0.179.